The number of nitrogens with zero attached hydrogens (tertiary/aromatic N) is 3. The normalized spacial score (nSPS) is 19.6. The first-order chi connectivity index (χ1) is 10.1. The molecule has 1 N–H and O–H groups in total. The summed E-state index contributed by atoms with van der Waals surface area (Å²) in [7, 11) is 2.12. The van der Waals surface area contributed by atoms with Gasteiger partial charge in [-0.3, -0.25) is 15.1 Å². The van der Waals surface area contributed by atoms with Crippen LogP contribution in [-0.4, -0.2) is 41.0 Å². The maximum absolute atomic E-state index is 11.1. The number of hydrogen-bond donors (Lipinski definition) is 1. The van der Waals surface area contributed by atoms with Gasteiger partial charge in [0.15, 0.2) is 0 Å². The Hall–Kier alpha value is -2.21. The van der Waals surface area contributed by atoms with E-state index in [-0.39, 0.29) is 10.6 Å². The molecule has 1 unspecified atom stereocenters. The van der Waals surface area contributed by atoms with Gasteiger partial charge in [-0.2, -0.15) is 0 Å². The van der Waals surface area contributed by atoms with Crippen molar-refractivity contribution in [2.45, 2.75) is 18.9 Å². The van der Waals surface area contributed by atoms with Crippen LogP contribution in [0.5, 0.6) is 0 Å². The predicted molar refractivity (Wildman–Crippen MR) is 82.5 cm³/mol. The van der Waals surface area contributed by atoms with Gasteiger partial charge in [0.2, 0.25) is 0 Å². The van der Waals surface area contributed by atoms with Gasteiger partial charge in [0.05, 0.1) is 10.3 Å². The molecule has 1 fully saturated rings. The number of non-ortho nitro benzene ring substituents is 1. The number of likely N-dealkylation sites (N-methyl/N-ethyl adjacent to an activating group) is 1. The average Bonchev–Trinajstić information content (AvgIpc) is 2.47. The second kappa shape index (κ2) is 5.65. The van der Waals surface area contributed by atoms with Gasteiger partial charge in [-0.15, -0.1) is 0 Å². The van der Waals surface area contributed by atoms with Crippen molar-refractivity contribution in [2.24, 2.45) is 0 Å². The monoisotopic (exact) mass is 286 g/mol. The van der Waals surface area contributed by atoms with E-state index in [2.05, 4.69) is 22.2 Å². The molecule has 6 heteroatoms. The lowest BCUT2D eigenvalue weighted by atomic mass is 10.0. The van der Waals surface area contributed by atoms with Crippen LogP contribution in [0.3, 0.4) is 0 Å². The van der Waals surface area contributed by atoms with Gasteiger partial charge in [0, 0.05) is 42.1 Å². The third kappa shape index (κ3) is 2.80. The second-order valence-corrected chi connectivity index (χ2v) is 5.56. The summed E-state index contributed by atoms with van der Waals surface area (Å²) in [5.41, 5.74) is 1.04. The van der Waals surface area contributed by atoms with Crippen LogP contribution >= 0.6 is 0 Å². The highest BCUT2D eigenvalue weighted by atomic mass is 16.6. The Morgan fingerprint density at radius 1 is 1.38 bits per heavy atom. The van der Waals surface area contributed by atoms with Crippen LogP contribution in [0, 0.1) is 10.1 Å². The number of likely N-dealkylation sites (tertiary alicyclic amines) is 1. The van der Waals surface area contributed by atoms with Gasteiger partial charge in [-0.05, 0) is 38.6 Å². The van der Waals surface area contributed by atoms with Gasteiger partial charge in [0.25, 0.3) is 5.69 Å². The van der Waals surface area contributed by atoms with Crippen molar-refractivity contribution in [1.29, 1.82) is 0 Å². The number of nitro groups is 1. The van der Waals surface area contributed by atoms with Crippen molar-refractivity contribution in [3.05, 3.63) is 40.7 Å². The smallest absolute Gasteiger partial charge is 0.278 e. The standard InChI is InChI=1S/C15H18N4O2/c1-18-8-2-3-11(10-18)17-14-4-5-15(19(20)21)13-9-16-7-6-12(13)14/h4-7,9,11,17H,2-3,8,10H2,1H3. The quantitative estimate of drug-likeness (QED) is 0.693. The van der Waals surface area contributed by atoms with Gasteiger partial charge < -0.3 is 10.2 Å². The van der Waals surface area contributed by atoms with E-state index in [9.17, 15) is 10.1 Å². The minimum atomic E-state index is -0.359. The highest BCUT2D eigenvalue weighted by Crippen LogP contribution is 2.31. The van der Waals surface area contributed by atoms with Gasteiger partial charge in [0.1, 0.15) is 0 Å². The molecular weight excluding hydrogens is 268 g/mol. The highest BCUT2D eigenvalue weighted by molar-refractivity contribution is 5.99. The van der Waals surface area contributed by atoms with E-state index in [1.165, 1.54) is 6.42 Å². The number of piperidine rings is 1. The number of hydrogen-bond acceptors (Lipinski definition) is 5. The first-order valence-electron chi connectivity index (χ1n) is 7.11. The van der Waals surface area contributed by atoms with Crippen LogP contribution in [0.4, 0.5) is 11.4 Å². The van der Waals surface area contributed by atoms with E-state index < -0.39 is 0 Å². The lowest BCUT2D eigenvalue weighted by Crippen LogP contribution is -2.39. The molecule has 1 aliphatic rings. The fraction of sp³-hybridized carbons (Fsp3) is 0.400. The van der Waals surface area contributed by atoms with Crippen molar-refractivity contribution in [3.63, 3.8) is 0 Å². The minimum absolute atomic E-state index is 0.101. The van der Waals surface area contributed by atoms with Crippen molar-refractivity contribution < 1.29 is 4.92 Å². The van der Waals surface area contributed by atoms with Crippen molar-refractivity contribution in [1.82, 2.24) is 9.88 Å². The van der Waals surface area contributed by atoms with E-state index in [4.69, 9.17) is 0 Å². The summed E-state index contributed by atoms with van der Waals surface area (Å²) >= 11 is 0. The van der Waals surface area contributed by atoms with E-state index in [0.29, 0.717) is 11.4 Å². The number of rotatable bonds is 3. The summed E-state index contributed by atoms with van der Waals surface area (Å²) in [6, 6.07) is 5.56. The molecule has 1 aromatic carbocycles. The molecule has 1 aromatic heterocycles. The summed E-state index contributed by atoms with van der Waals surface area (Å²) in [5, 5.41) is 16.1. The fourth-order valence-electron chi connectivity index (χ4n) is 2.96. The highest BCUT2D eigenvalue weighted by Gasteiger charge is 2.19. The molecule has 0 amide bonds. The summed E-state index contributed by atoms with van der Waals surface area (Å²) < 4.78 is 0. The zero-order valence-electron chi connectivity index (χ0n) is 12.0. The largest absolute Gasteiger partial charge is 0.381 e. The molecule has 1 aliphatic heterocycles. The Labute approximate surface area is 122 Å². The average molecular weight is 286 g/mol. The molecule has 21 heavy (non-hydrogen) atoms. The maximum atomic E-state index is 11.1. The SMILES string of the molecule is CN1CCCC(Nc2ccc([N+](=O)[O-])c3cnccc23)C1. The summed E-state index contributed by atoms with van der Waals surface area (Å²) in [5.74, 6) is 0. The molecule has 0 aliphatic carbocycles. The number of pyridine rings is 1. The van der Waals surface area contributed by atoms with Crippen molar-refractivity contribution in [3.8, 4) is 0 Å². The Balaban J connectivity index is 1.96. The van der Waals surface area contributed by atoms with Crippen molar-refractivity contribution >= 4 is 22.1 Å². The molecule has 110 valence electrons. The lowest BCUT2D eigenvalue weighted by Gasteiger charge is -2.31. The van der Waals surface area contributed by atoms with Crippen LogP contribution in [0.1, 0.15) is 12.8 Å². The predicted octanol–water partition coefficient (Wildman–Crippen LogP) is 2.65. The number of benzene rings is 1. The zero-order valence-corrected chi connectivity index (χ0v) is 12.0. The Morgan fingerprint density at radius 3 is 3.00 bits per heavy atom. The van der Waals surface area contributed by atoms with E-state index in [1.807, 2.05) is 6.07 Å². The summed E-state index contributed by atoms with van der Waals surface area (Å²) in [6.45, 7) is 2.12. The van der Waals surface area contributed by atoms with E-state index >= 15 is 0 Å². The van der Waals surface area contributed by atoms with E-state index in [0.717, 1.165) is 30.6 Å². The minimum Gasteiger partial charge on any atom is -0.381 e. The Bertz CT molecular complexity index is 674. The third-order valence-corrected chi connectivity index (χ3v) is 3.98. The molecule has 0 saturated carbocycles. The first-order valence-corrected chi connectivity index (χ1v) is 7.11. The lowest BCUT2D eigenvalue weighted by molar-refractivity contribution is -0.383. The van der Waals surface area contributed by atoms with Crippen LogP contribution < -0.4 is 5.32 Å². The zero-order chi connectivity index (χ0) is 14.8. The molecule has 1 saturated heterocycles. The molecule has 2 aromatic rings. The Morgan fingerprint density at radius 2 is 2.24 bits per heavy atom. The number of nitro benzene ring substituents is 1. The molecule has 1 atom stereocenters. The molecule has 2 heterocycles. The number of nitrogens with one attached hydrogen (secondary N) is 1. The number of fused-ring (bicyclic) bond motifs is 1. The maximum Gasteiger partial charge on any atom is 0.278 e. The number of anilines is 1. The van der Waals surface area contributed by atoms with Crippen LogP contribution in [-0.2, 0) is 0 Å². The topological polar surface area (TPSA) is 71.3 Å². The van der Waals surface area contributed by atoms with E-state index in [1.54, 1.807) is 24.5 Å². The molecule has 0 spiro atoms. The van der Waals surface area contributed by atoms with Crippen LogP contribution in [0.2, 0.25) is 0 Å². The molecule has 0 radical (unpaired) electrons. The van der Waals surface area contributed by atoms with Crippen molar-refractivity contribution in [2.75, 3.05) is 25.5 Å². The van der Waals surface area contributed by atoms with Crippen LogP contribution in [0.25, 0.3) is 10.8 Å². The third-order valence-electron chi connectivity index (χ3n) is 3.98. The molecule has 6 nitrogen and oxygen atoms in total. The molecule has 0 bridgehead atoms. The van der Waals surface area contributed by atoms with Gasteiger partial charge in [-0.25, -0.2) is 0 Å². The summed E-state index contributed by atoms with van der Waals surface area (Å²) in [6.07, 6.45) is 5.52. The van der Waals surface area contributed by atoms with Gasteiger partial charge >= 0.3 is 0 Å². The van der Waals surface area contributed by atoms with Crippen LogP contribution in [0.15, 0.2) is 30.6 Å². The Kier molecular flexibility index (Phi) is 3.70. The second-order valence-electron chi connectivity index (χ2n) is 5.56. The summed E-state index contributed by atoms with van der Waals surface area (Å²) in [4.78, 5) is 17.1. The fourth-order valence-corrected chi connectivity index (χ4v) is 2.96. The molecule has 3 rings (SSSR count). The van der Waals surface area contributed by atoms with Gasteiger partial charge in [-0.1, -0.05) is 0 Å². The first kappa shape index (κ1) is 13.8. The number of aromatic nitrogens is 1. The molecular formula is C15H18N4O2.